The summed E-state index contributed by atoms with van der Waals surface area (Å²) in [7, 11) is 2.04. The Kier molecular flexibility index (Phi) is 4.46. The molecule has 0 N–H and O–H groups in total. The molecule has 4 rings (SSSR count). The predicted octanol–water partition coefficient (Wildman–Crippen LogP) is 4.92. The first-order valence-corrected chi connectivity index (χ1v) is 9.86. The smallest absolute Gasteiger partial charge is 0.199 e. The summed E-state index contributed by atoms with van der Waals surface area (Å²) < 4.78 is 11.3. The SMILES string of the molecule is CN(Cc1ccc(Br)o1)Cn1nc(-c2cccs2)n(C2CC2)c1=S. The summed E-state index contributed by atoms with van der Waals surface area (Å²) >= 11 is 10.7. The summed E-state index contributed by atoms with van der Waals surface area (Å²) in [5, 5.41) is 6.88. The van der Waals surface area contributed by atoms with E-state index in [2.05, 4.69) is 42.9 Å². The number of halogens is 1. The topological polar surface area (TPSA) is 39.1 Å². The van der Waals surface area contributed by atoms with Gasteiger partial charge in [-0.2, -0.15) is 0 Å². The van der Waals surface area contributed by atoms with Gasteiger partial charge in [0.25, 0.3) is 0 Å². The number of thiophene rings is 1. The minimum Gasteiger partial charge on any atom is -0.453 e. The third-order valence-corrected chi connectivity index (χ3v) is 5.65. The van der Waals surface area contributed by atoms with E-state index in [0.29, 0.717) is 19.3 Å². The Bertz CT molecular complexity index is 892. The maximum Gasteiger partial charge on any atom is 0.199 e. The average Bonchev–Trinajstić information content (AvgIpc) is 2.95. The molecule has 1 aliphatic carbocycles. The van der Waals surface area contributed by atoms with Crippen LogP contribution >= 0.6 is 39.5 Å². The fraction of sp³-hybridized carbons (Fsp3) is 0.375. The lowest BCUT2D eigenvalue weighted by Crippen LogP contribution is -2.22. The molecule has 0 unspecified atom stereocenters. The van der Waals surface area contributed by atoms with Crippen molar-refractivity contribution in [2.24, 2.45) is 0 Å². The van der Waals surface area contributed by atoms with E-state index in [1.807, 2.05) is 23.9 Å². The zero-order valence-electron chi connectivity index (χ0n) is 13.2. The number of hydrogen-bond acceptors (Lipinski definition) is 5. The van der Waals surface area contributed by atoms with Gasteiger partial charge in [-0.1, -0.05) is 6.07 Å². The summed E-state index contributed by atoms with van der Waals surface area (Å²) in [4.78, 5) is 3.31. The minimum absolute atomic E-state index is 0.509. The molecule has 0 spiro atoms. The molecule has 3 heterocycles. The van der Waals surface area contributed by atoms with Gasteiger partial charge in [0.05, 0.1) is 18.1 Å². The van der Waals surface area contributed by atoms with Crippen LogP contribution in [0, 0.1) is 4.77 Å². The third-order valence-electron chi connectivity index (χ3n) is 3.95. The van der Waals surface area contributed by atoms with Crippen LogP contribution in [-0.4, -0.2) is 26.3 Å². The molecule has 0 aliphatic heterocycles. The first kappa shape index (κ1) is 16.3. The standard InChI is InChI=1S/C16H17BrN4OS2/c1-19(9-12-6-7-14(17)22-12)10-20-16(23)21(11-4-5-11)15(18-20)13-3-2-8-24-13/h2-3,6-8,11H,4-5,9-10H2,1H3. The first-order chi connectivity index (χ1) is 11.6. The molecule has 5 nitrogen and oxygen atoms in total. The zero-order chi connectivity index (χ0) is 16.7. The summed E-state index contributed by atoms with van der Waals surface area (Å²) in [5.41, 5.74) is 0. The molecule has 24 heavy (non-hydrogen) atoms. The lowest BCUT2D eigenvalue weighted by molar-refractivity contribution is 0.224. The van der Waals surface area contributed by atoms with Gasteiger partial charge in [0, 0.05) is 6.04 Å². The van der Waals surface area contributed by atoms with Crippen LogP contribution < -0.4 is 0 Å². The van der Waals surface area contributed by atoms with Crippen molar-refractivity contribution in [2.45, 2.75) is 32.1 Å². The molecule has 0 saturated heterocycles. The summed E-state index contributed by atoms with van der Waals surface area (Å²) in [6.45, 7) is 1.34. The van der Waals surface area contributed by atoms with Crippen LogP contribution in [0.25, 0.3) is 10.7 Å². The van der Waals surface area contributed by atoms with Crippen molar-refractivity contribution in [1.82, 2.24) is 19.2 Å². The average molecular weight is 425 g/mol. The molecule has 3 aromatic heterocycles. The summed E-state index contributed by atoms with van der Waals surface area (Å²) in [6, 6.07) is 8.55. The van der Waals surface area contributed by atoms with E-state index in [1.165, 1.54) is 17.7 Å². The van der Waals surface area contributed by atoms with Crippen molar-refractivity contribution in [1.29, 1.82) is 0 Å². The summed E-state index contributed by atoms with van der Waals surface area (Å²) in [5.74, 6) is 1.91. The van der Waals surface area contributed by atoms with E-state index < -0.39 is 0 Å². The molecule has 1 saturated carbocycles. The van der Waals surface area contributed by atoms with Gasteiger partial charge in [0.2, 0.25) is 0 Å². The third kappa shape index (κ3) is 3.28. The molecule has 0 bridgehead atoms. The van der Waals surface area contributed by atoms with Gasteiger partial charge in [-0.3, -0.25) is 9.47 Å². The molecule has 0 aromatic carbocycles. The highest BCUT2D eigenvalue weighted by Crippen LogP contribution is 2.39. The van der Waals surface area contributed by atoms with E-state index in [-0.39, 0.29) is 0 Å². The minimum atomic E-state index is 0.509. The predicted molar refractivity (Wildman–Crippen MR) is 101 cm³/mol. The second-order valence-electron chi connectivity index (χ2n) is 6.05. The number of aromatic nitrogens is 3. The van der Waals surface area contributed by atoms with Crippen molar-refractivity contribution in [3.8, 4) is 10.7 Å². The van der Waals surface area contributed by atoms with Crippen molar-refractivity contribution >= 4 is 39.5 Å². The molecular formula is C16H17BrN4OS2. The highest BCUT2D eigenvalue weighted by molar-refractivity contribution is 9.10. The monoisotopic (exact) mass is 424 g/mol. The Labute approximate surface area is 157 Å². The maximum absolute atomic E-state index is 5.70. The molecular weight excluding hydrogens is 408 g/mol. The van der Waals surface area contributed by atoms with Gasteiger partial charge in [-0.15, -0.1) is 16.4 Å². The van der Waals surface area contributed by atoms with E-state index in [4.69, 9.17) is 21.7 Å². The quantitative estimate of drug-likeness (QED) is 0.526. The van der Waals surface area contributed by atoms with Crippen molar-refractivity contribution < 1.29 is 4.42 Å². The van der Waals surface area contributed by atoms with E-state index in [1.54, 1.807) is 11.3 Å². The zero-order valence-corrected chi connectivity index (χ0v) is 16.4. The largest absolute Gasteiger partial charge is 0.453 e. The van der Waals surface area contributed by atoms with Gasteiger partial charge in [-0.25, -0.2) is 4.68 Å². The number of furan rings is 1. The Morgan fingerprint density at radius 1 is 1.42 bits per heavy atom. The molecule has 0 amide bonds. The second kappa shape index (κ2) is 6.59. The number of rotatable bonds is 6. The Hall–Kier alpha value is -1.22. The van der Waals surface area contributed by atoms with E-state index in [9.17, 15) is 0 Å². The molecule has 0 radical (unpaired) electrons. The normalized spacial score (nSPS) is 14.6. The lowest BCUT2D eigenvalue weighted by Gasteiger charge is -2.14. The van der Waals surface area contributed by atoms with Crippen molar-refractivity contribution in [3.63, 3.8) is 0 Å². The van der Waals surface area contributed by atoms with Crippen LogP contribution in [0.2, 0.25) is 0 Å². The van der Waals surface area contributed by atoms with Crippen LogP contribution in [0.15, 0.2) is 38.7 Å². The highest BCUT2D eigenvalue weighted by Gasteiger charge is 2.29. The Balaban J connectivity index is 1.59. The van der Waals surface area contributed by atoms with Gasteiger partial charge >= 0.3 is 0 Å². The fourth-order valence-corrected chi connectivity index (χ4v) is 4.11. The Morgan fingerprint density at radius 3 is 2.88 bits per heavy atom. The van der Waals surface area contributed by atoms with Gasteiger partial charge in [0.15, 0.2) is 15.3 Å². The fourth-order valence-electron chi connectivity index (χ4n) is 2.73. The van der Waals surface area contributed by atoms with Gasteiger partial charge in [-0.05, 0) is 71.6 Å². The molecule has 1 aliphatic rings. The van der Waals surface area contributed by atoms with Crippen LogP contribution in [0.1, 0.15) is 24.6 Å². The first-order valence-electron chi connectivity index (χ1n) is 7.78. The Morgan fingerprint density at radius 2 is 2.25 bits per heavy atom. The second-order valence-corrected chi connectivity index (χ2v) is 8.14. The van der Waals surface area contributed by atoms with Gasteiger partial charge in [0.1, 0.15) is 5.76 Å². The molecule has 3 aromatic rings. The number of nitrogens with zero attached hydrogens (tertiary/aromatic N) is 4. The van der Waals surface area contributed by atoms with Crippen molar-refractivity contribution in [3.05, 3.63) is 44.8 Å². The van der Waals surface area contributed by atoms with Crippen LogP contribution in [0.3, 0.4) is 0 Å². The van der Waals surface area contributed by atoms with Crippen LogP contribution in [0.4, 0.5) is 0 Å². The van der Waals surface area contributed by atoms with Gasteiger partial charge < -0.3 is 4.42 Å². The number of hydrogen-bond donors (Lipinski definition) is 0. The van der Waals surface area contributed by atoms with E-state index >= 15 is 0 Å². The van der Waals surface area contributed by atoms with Crippen LogP contribution in [-0.2, 0) is 13.2 Å². The van der Waals surface area contributed by atoms with Crippen LogP contribution in [0.5, 0.6) is 0 Å². The molecule has 126 valence electrons. The van der Waals surface area contributed by atoms with Crippen molar-refractivity contribution in [2.75, 3.05) is 7.05 Å². The lowest BCUT2D eigenvalue weighted by atomic mass is 10.4. The molecule has 0 atom stereocenters. The maximum atomic E-state index is 5.70. The summed E-state index contributed by atoms with van der Waals surface area (Å²) in [6.07, 6.45) is 2.38. The van der Waals surface area contributed by atoms with E-state index in [0.717, 1.165) is 21.0 Å². The molecule has 8 heteroatoms. The molecule has 1 fully saturated rings. The highest BCUT2D eigenvalue weighted by atomic mass is 79.9.